The first kappa shape index (κ1) is 18.0. The van der Waals surface area contributed by atoms with Crippen LogP contribution in [0, 0.1) is 11.6 Å². The average molecular weight is 358 g/mol. The first-order valence-electron chi connectivity index (χ1n) is 8.51. The van der Waals surface area contributed by atoms with E-state index in [4.69, 9.17) is 0 Å². The Morgan fingerprint density at radius 2 is 1.88 bits per heavy atom. The maximum atomic E-state index is 13.9. The zero-order valence-corrected chi connectivity index (χ0v) is 14.5. The molecular weight excluding hydrogens is 338 g/mol. The molecule has 1 saturated heterocycles. The van der Waals surface area contributed by atoms with Crippen LogP contribution in [0.5, 0.6) is 0 Å². The van der Waals surface area contributed by atoms with Gasteiger partial charge in [-0.3, -0.25) is 9.59 Å². The second-order valence-corrected chi connectivity index (χ2v) is 6.42. The molecule has 3 rings (SSSR count). The molecule has 0 spiro atoms. The maximum Gasteiger partial charge on any atom is 0.228 e. The SMILES string of the molecule is CN(C(=O)C[C@@H]1CCC(=O)N1Cc1cccc(F)c1F)c1ccccc1. The molecular formula is C20H20F2N2O2. The predicted molar refractivity (Wildman–Crippen MR) is 94.4 cm³/mol. The van der Waals surface area contributed by atoms with E-state index in [2.05, 4.69) is 0 Å². The first-order valence-corrected chi connectivity index (χ1v) is 8.51. The number of nitrogens with zero attached hydrogens (tertiary/aromatic N) is 2. The third-order valence-corrected chi connectivity index (χ3v) is 4.75. The van der Waals surface area contributed by atoms with Gasteiger partial charge in [0.25, 0.3) is 0 Å². The predicted octanol–water partition coefficient (Wildman–Crippen LogP) is 3.51. The highest BCUT2D eigenvalue weighted by Gasteiger charge is 2.33. The minimum absolute atomic E-state index is 0.0323. The fraction of sp³-hybridized carbons (Fsp3) is 0.300. The summed E-state index contributed by atoms with van der Waals surface area (Å²) in [5.41, 5.74) is 0.888. The lowest BCUT2D eigenvalue weighted by atomic mass is 10.1. The zero-order chi connectivity index (χ0) is 18.7. The number of hydrogen-bond acceptors (Lipinski definition) is 2. The van der Waals surface area contributed by atoms with Crippen molar-refractivity contribution in [2.75, 3.05) is 11.9 Å². The molecule has 1 aliphatic heterocycles. The molecule has 1 aliphatic rings. The molecule has 136 valence electrons. The molecule has 2 amide bonds. The van der Waals surface area contributed by atoms with Gasteiger partial charge in [-0.25, -0.2) is 8.78 Å². The summed E-state index contributed by atoms with van der Waals surface area (Å²) >= 11 is 0. The third-order valence-electron chi connectivity index (χ3n) is 4.75. The van der Waals surface area contributed by atoms with E-state index < -0.39 is 11.6 Å². The summed E-state index contributed by atoms with van der Waals surface area (Å²) < 4.78 is 27.3. The molecule has 1 atom stereocenters. The molecule has 0 aromatic heterocycles. The van der Waals surface area contributed by atoms with E-state index in [0.29, 0.717) is 12.8 Å². The lowest BCUT2D eigenvalue weighted by Crippen LogP contribution is -2.38. The minimum atomic E-state index is -0.946. The van der Waals surface area contributed by atoms with Crippen LogP contribution in [-0.2, 0) is 16.1 Å². The number of likely N-dealkylation sites (tertiary alicyclic amines) is 1. The molecule has 0 unspecified atom stereocenters. The molecule has 1 heterocycles. The van der Waals surface area contributed by atoms with Gasteiger partial charge >= 0.3 is 0 Å². The molecule has 0 bridgehead atoms. The molecule has 4 nitrogen and oxygen atoms in total. The van der Waals surface area contributed by atoms with Crippen LogP contribution < -0.4 is 4.90 Å². The lowest BCUT2D eigenvalue weighted by Gasteiger charge is -2.27. The van der Waals surface area contributed by atoms with Gasteiger partial charge in [0, 0.05) is 43.7 Å². The van der Waals surface area contributed by atoms with Crippen molar-refractivity contribution < 1.29 is 18.4 Å². The largest absolute Gasteiger partial charge is 0.335 e. The number of benzene rings is 2. The van der Waals surface area contributed by atoms with E-state index >= 15 is 0 Å². The number of carbonyl (C=O) groups excluding carboxylic acids is 2. The Morgan fingerprint density at radius 1 is 1.15 bits per heavy atom. The van der Waals surface area contributed by atoms with Crippen molar-refractivity contribution in [2.45, 2.75) is 31.8 Å². The topological polar surface area (TPSA) is 40.6 Å². The van der Waals surface area contributed by atoms with Crippen LogP contribution in [-0.4, -0.2) is 29.8 Å². The summed E-state index contributed by atoms with van der Waals surface area (Å²) in [6, 6.07) is 12.8. The molecule has 1 fully saturated rings. The number of para-hydroxylation sites is 1. The molecule has 2 aromatic rings. The van der Waals surface area contributed by atoms with Crippen molar-refractivity contribution in [3.05, 3.63) is 65.7 Å². The van der Waals surface area contributed by atoms with E-state index in [1.807, 2.05) is 30.3 Å². The highest BCUT2D eigenvalue weighted by Crippen LogP contribution is 2.26. The summed E-state index contributed by atoms with van der Waals surface area (Å²) in [6.45, 7) is -0.0323. The Morgan fingerprint density at radius 3 is 2.62 bits per heavy atom. The number of rotatable bonds is 5. The van der Waals surface area contributed by atoms with Gasteiger partial charge in [0.15, 0.2) is 11.6 Å². The first-order chi connectivity index (χ1) is 12.5. The van der Waals surface area contributed by atoms with Crippen LogP contribution >= 0.6 is 0 Å². The summed E-state index contributed by atoms with van der Waals surface area (Å²) in [6.07, 6.45) is 0.988. The van der Waals surface area contributed by atoms with Crippen LogP contribution in [0.2, 0.25) is 0 Å². The van der Waals surface area contributed by atoms with E-state index in [1.165, 1.54) is 17.0 Å². The second kappa shape index (κ2) is 7.64. The molecule has 2 aromatic carbocycles. The van der Waals surface area contributed by atoms with Gasteiger partial charge in [-0.05, 0) is 24.6 Å². The third kappa shape index (κ3) is 3.74. The zero-order valence-electron chi connectivity index (χ0n) is 14.5. The Bertz CT molecular complexity index is 811. The van der Waals surface area contributed by atoms with Crippen molar-refractivity contribution in [3.63, 3.8) is 0 Å². The van der Waals surface area contributed by atoms with Crippen LogP contribution in [0.25, 0.3) is 0 Å². The Hall–Kier alpha value is -2.76. The van der Waals surface area contributed by atoms with Crippen LogP contribution in [0.1, 0.15) is 24.8 Å². The van der Waals surface area contributed by atoms with Gasteiger partial charge < -0.3 is 9.80 Å². The molecule has 6 heteroatoms. The number of amides is 2. The Balaban J connectivity index is 1.71. The van der Waals surface area contributed by atoms with Crippen LogP contribution in [0.4, 0.5) is 14.5 Å². The van der Waals surface area contributed by atoms with Gasteiger partial charge in [0.05, 0.1) is 0 Å². The summed E-state index contributed by atoms with van der Waals surface area (Å²) in [7, 11) is 1.69. The van der Waals surface area contributed by atoms with Crippen molar-refractivity contribution >= 4 is 17.5 Å². The van der Waals surface area contributed by atoms with Crippen molar-refractivity contribution in [3.8, 4) is 0 Å². The molecule has 0 N–H and O–H groups in total. The smallest absolute Gasteiger partial charge is 0.228 e. The fourth-order valence-electron chi connectivity index (χ4n) is 3.21. The van der Waals surface area contributed by atoms with Gasteiger partial charge in [-0.1, -0.05) is 30.3 Å². The number of carbonyl (C=O) groups is 2. The molecule has 26 heavy (non-hydrogen) atoms. The van der Waals surface area contributed by atoms with Gasteiger partial charge in [-0.2, -0.15) is 0 Å². The van der Waals surface area contributed by atoms with Gasteiger partial charge in [0.2, 0.25) is 11.8 Å². The van der Waals surface area contributed by atoms with E-state index in [-0.39, 0.29) is 36.4 Å². The van der Waals surface area contributed by atoms with E-state index in [9.17, 15) is 18.4 Å². The molecule has 0 aliphatic carbocycles. The summed E-state index contributed by atoms with van der Waals surface area (Å²) in [5.74, 6) is -2.15. The van der Waals surface area contributed by atoms with Crippen molar-refractivity contribution in [1.29, 1.82) is 0 Å². The normalized spacial score (nSPS) is 16.8. The molecule has 0 radical (unpaired) electrons. The minimum Gasteiger partial charge on any atom is -0.335 e. The molecule has 0 saturated carbocycles. The van der Waals surface area contributed by atoms with E-state index in [0.717, 1.165) is 11.8 Å². The summed E-state index contributed by atoms with van der Waals surface area (Å²) in [4.78, 5) is 27.8. The standard InChI is InChI=1S/C20H20F2N2O2/c1-23(15-7-3-2-4-8-15)19(26)12-16-10-11-18(25)24(16)13-14-6-5-9-17(21)20(14)22/h2-9,16H,10-13H2,1H3/t16-/m0/s1. The van der Waals surface area contributed by atoms with Gasteiger partial charge in [0.1, 0.15) is 0 Å². The highest BCUT2D eigenvalue weighted by atomic mass is 19.2. The second-order valence-electron chi connectivity index (χ2n) is 6.42. The Labute approximate surface area is 151 Å². The number of anilines is 1. The average Bonchev–Trinajstić information content (AvgIpc) is 2.98. The van der Waals surface area contributed by atoms with Crippen molar-refractivity contribution in [1.82, 2.24) is 4.90 Å². The number of hydrogen-bond donors (Lipinski definition) is 0. The fourth-order valence-corrected chi connectivity index (χ4v) is 3.21. The highest BCUT2D eigenvalue weighted by molar-refractivity contribution is 5.93. The summed E-state index contributed by atoms with van der Waals surface area (Å²) in [5, 5.41) is 0. The van der Waals surface area contributed by atoms with E-state index in [1.54, 1.807) is 11.9 Å². The maximum absolute atomic E-state index is 13.9. The van der Waals surface area contributed by atoms with Gasteiger partial charge in [-0.15, -0.1) is 0 Å². The Kier molecular flexibility index (Phi) is 5.30. The quantitative estimate of drug-likeness (QED) is 0.821. The van der Waals surface area contributed by atoms with Crippen LogP contribution in [0.3, 0.4) is 0 Å². The number of halogens is 2. The monoisotopic (exact) mass is 358 g/mol. The lowest BCUT2D eigenvalue weighted by molar-refractivity contribution is -0.130. The van der Waals surface area contributed by atoms with Crippen molar-refractivity contribution in [2.24, 2.45) is 0 Å². The van der Waals surface area contributed by atoms with Crippen LogP contribution in [0.15, 0.2) is 48.5 Å².